The standard InChI is InChI=1S/C29H23N5O.C7H9NO/c35-24-12-8-21(9-13-24)18-30-17-20-6-10-23(11-7-20)28-25(22-4-2-1-3-5-22)16-26-27(32-28)14-15-34-19-31-33-29(26)34;8-5-6-1-3-7(9)4-2-6/h1-16,19,30,35H,17-18H2;1-4,9H,5,8H2. The number of aromatic hydroxyl groups is 2. The van der Waals surface area contributed by atoms with Crippen LogP contribution in [0.3, 0.4) is 0 Å². The van der Waals surface area contributed by atoms with Crippen LogP contribution in [0.5, 0.6) is 11.5 Å². The Hall–Kier alpha value is -5.57. The summed E-state index contributed by atoms with van der Waals surface area (Å²) in [7, 11) is 0. The Labute approximate surface area is 255 Å². The Morgan fingerprint density at radius 2 is 1.30 bits per heavy atom. The topological polar surface area (TPSA) is 122 Å². The van der Waals surface area contributed by atoms with E-state index < -0.39 is 0 Å². The molecule has 4 aromatic carbocycles. The molecular weight excluding hydrogens is 548 g/mol. The van der Waals surface area contributed by atoms with Gasteiger partial charge in [0, 0.05) is 42.3 Å². The van der Waals surface area contributed by atoms with Crippen molar-refractivity contribution in [3.8, 4) is 33.9 Å². The van der Waals surface area contributed by atoms with Gasteiger partial charge in [-0.25, -0.2) is 4.98 Å². The summed E-state index contributed by atoms with van der Waals surface area (Å²) in [5.41, 5.74) is 14.5. The molecule has 0 aliphatic rings. The molecule has 7 rings (SSSR count). The normalized spacial score (nSPS) is 10.9. The summed E-state index contributed by atoms with van der Waals surface area (Å²) in [6.45, 7) is 2.02. The molecule has 8 heteroatoms. The number of phenolic OH excluding ortho intramolecular Hbond substituents is 2. The largest absolute Gasteiger partial charge is 0.508 e. The van der Waals surface area contributed by atoms with Crippen molar-refractivity contribution in [2.45, 2.75) is 19.6 Å². The molecule has 0 unspecified atom stereocenters. The Bertz CT molecular complexity index is 1970. The van der Waals surface area contributed by atoms with Gasteiger partial charge in [0.2, 0.25) is 0 Å². The van der Waals surface area contributed by atoms with Crippen molar-refractivity contribution in [1.29, 1.82) is 0 Å². The monoisotopic (exact) mass is 580 g/mol. The predicted octanol–water partition coefficient (Wildman–Crippen LogP) is 6.46. The van der Waals surface area contributed by atoms with Crippen molar-refractivity contribution in [1.82, 2.24) is 24.9 Å². The van der Waals surface area contributed by atoms with Crippen LogP contribution in [0.4, 0.5) is 0 Å². The highest BCUT2D eigenvalue weighted by atomic mass is 16.3. The minimum atomic E-state index is 0.284. The van der Waals surface area contributed by atoms with E-state index in [1.54, 1.807) is 42.7 Å². The maximum Gasteiger partial charge on any atom is 0.170 e. The summed E-state index contributed by atoms with van der Waals surface area (Å²) in [6, 6.07) is 37.2. The van der Waals surface area contributed by atoms with Crippen molar-refractivity contribution in [2.75, 3.05) is 0 Å². The molecule has 8 nitrogen and oxygen atoms in total. The summed E-state index contributed by atoms with van der Waals surface area (Å²) in [5.74, 6) is 0.569. The van der Waals surface area contributed by atoms with Gasteiger partial charge in [-0.2, -0.15) is 0 Å². The first kappa shape index (κ1) is 28.5. The van der Waals surface area contributed by atoms with Crippen molar-refractivity contribution >= 4 is 16.6 Å². The number of nitrogens with one attached hydrogen (secondary N) is 1. The third kappa shape index (κ3) is 6.57. The number of phenols is 2. The van der Waals surface area contributed by atoms with Crippen LogP contribution in [0.2, 0.25) is 0 Å². The SMILES string of the molecule is NCc1ccc(O)cc1.Oc1ccc(CNCc2ccc(-c3nc4ccn5cnnc5c4cc3-c3ccccc3)cc2)cc1. The number of nitrogens with two attached hydrogens (primary N) is 1. The van der Waals surface area contributed by atoms with Gasteiger partial charge >= 0.3 is 0 Å². The first-order valence-electron chi connectivity index (χ1n) is 14.3. The molecule has 5 N–H and O–H groups in total. The van der Waals surface area contributed by atoms with Gasteiger partial charge < -0.3 is 21.3 Å². The minimum absolute atomic E-state index is 0.284. The lowest BCUT2D eigenvalue weighted by Crippen LogP contribution is -2.12. The molecule has 0 saturated carbocycles. The van der Waals surface area contributed by atoms with Crippen LogP contribution in [-0.4, -0.2) is 29.8 Å². The molecular formula is C36H32N6O2. The van der Waals surface area contributed by atoms with E-state index in [1.807, 2.05) is 47.0 Å². The van der Waals surface area contributed by atoms with Crippen LogP contribution in [0.25, 0.3) is 38.9 Å². The lowest BCUT2D eigenvalue weighted by atomic mass is 9.97. The van der Waals surface area contributed by atoms with E-state index in [2.05, 4.69) is 58.0 Å². The first-order chi connectivity index (χ1) is 21.6. The molecule has 0 atom stereocenters. The molecule has 0 amide bonds. The zero-order valence-corrected chi connectivity index (χ0v) is 24.0. The van der Waals surface area contributed by atoms with Gasteiger partial charge in [-0.05, 0) is 58.7 Å². The van der Waals surface area contributed by atoms with Crippen LogP contribution >= 0.6 is 0 Å². The number of benzene rings is 4. The second kappa shape index (κ2) is 13.2. The molecule has 3 heterocycles. The van der Waals surface area contributed by atoms with Gasteiger partial charge in [-0.1, -0.05) is 78.9 Å². The lowest BCUT2D eigenvalue weighted by molar-refractivity contribution is 0.474. The van der Waals surface area contributed by atoms with Gasteiger partial charge in [-0.15, -0.1) is 10.2 Å². The van der Waals surface area contributed by atoms with E-state index in [9.17, 15) is 5.11 Å². The highest BCUT2D eigenvalue weighted by molar-refractivity contribution is 5.98. The van der Waals surface area contributed by atoms with Crippen LogP contribution in [0.15, 0.2) is 128 Å². The molecule has 3 aromatic heterocycles. The molecule has 0 aliphatic carbocycles. The smallest absolute Gasteiger partial charge is 0.170 e. The zero-order valence-electron chi connectivity index (χ0n) is 24.0. The number of pyridine rings is 2. The molecule has 0 aliphatic heterocycles. The molecule has 0 spiro atoms. The highest BCUT2D eigenvalue weighted by Crippen LogP contribution is 2.34. The summed E-state index contributed by atoms with van der Waals surface area (Å²) in [6.07, 6.45) is 3.65. The fourth-order valence-electron chi connectivity index (χ4n) is 4.96. The molecule has 44 heavy (non-hydrogen) atoms. The molecule has 0 radical (unpaired) electrons. The number of aromatic nitrogens is 4. The number of nitrogens with zero attached hydrogens (tertiary/aromatic N) is 4. The van der Waals surface area contributed by atoms with Crippen LogP contribution in [0, 0.1) is 0 Å². The minimum Gasteiger partial charge on any atom is -0.508 e. The van der Waals surface area contributed by atoms with Crippen LogP contribution < -0.4 is 11.1 Å². The van der Waals surface area contributed by atoms with Gasteiger partial charge in [0.05, 0.1) is 11.2 Å². The Morgan fingerprint density at radius 1 is 0.682 bits per heavy atom. The third-order valence-electron chi connectivity index (χ3n) is 7.34. The summed E-state index contributed by atoms with van der Waals surface area (Å²) in [4.78, 5) is 5.07. The first-order valence-corrected chi connectivity index (χ1v) is 14.3. The summed E-state index contributed by atoms with van der Waals surface area (Å²) >= 11 is 0. The highest BCUT2D eigenvalue weighted by Gasteiger charge is 2.14. The second-order valence-electron chi connectivity index (χ2n) is 10.4. The Kier molecular flexibility index (Phi) is 8.54. The average molecular weight is 581 g/mol. The number of hydrogen-bond acceptors (Lipinski definition) is 7. The molecule has 0 bridgehead atoms. The van der Waals surface area contributed by atoms with Crippen molar-refractivity contribution in [3.63, 3.8) is 0 Å². The van der Waals surface area contributed by atoms with Gasteiger partial charge in [0.15, 0.2) is 5.65 Å². The number of fused-ring (bicyclic) bond motifs is 3. The Morgan fingerprint density at radius 3 is 1.93 bits per heavy atom. The van der Waals surface area contributed by atoms with Gasteiger partial charge in [0.25, 0.3) is 0 Å². The maximum atomic E-state index is 9.44. The molecule has 218 valence electrons. The lowest BCUT2D eigenvalue weighted by Gasteiger charge is -2.13. The van der Waals surface area contributed by atoms with E-state index in [0.29, 0.717) is 6.54 Å². The van der Waals surface area contributed by atoms with E-state index >= 15 is 0 Å². The number of rotatable bonds is 7. The molecule has 0 saturated heterocycles. The maximum absolute atomic E-state index is 9.44. The summed E-state index contributed by atoms with van der Waals surface area (Å²) < 4.78 is 1.92. The molecule has 0 fully saturated rings. The van der Waals surface area contributed by atoms with Crippen molar-refractivity contribution < 1.29 is 10.2 Å². The van der Waals surface area contributed by atoms with Gasteiger partial charge in [0.1, 0.15) is 17.8 Å². The molecule has 7 aromatic rings. The van der Waals surface area contributed by atoms with E-state index in [4.69, 9.17) is 15.8 Å². The summed E-state index contributed by atoms with van der Waals surface area (Å²) in [5, 5.41) is 31.0. The predicted molar refractivity (Wildman–Crippen MR) is 174 cm³/mol. The van der Waals surface area contributed by atoms with Crippen LogP contribution in [-0.2, 0) is 19.6 Å². The fourth-order valence-corrected chi connectivity index (χ4v) is 4.96. The van der Waals surface area contributed by atoms with E-state index in [1.165, 1.54) is 5.56 Å². The van der Waals surface area contributed by atoms with Crippen molar-refractivity contribution in [2.24, 2.45) is 5.73 Å². The second-order valence-corrected chi connectivity index (χ2v) is 10.4. The van der Waals surface area contributed by atoms with Crippen molar-refractivity contribution in [3.05, 3.63) is 144 Å². The number of hydrogen-bond donors (Lipinski definition) is 4. The quantitative estimate of drug-likeness (QED) is 0.171. The zero-order chi connectivity index (χ0) is 30.3. The van der Waals surface area contributed by atoms with E-state index in [0.717, 1.165) is 63.2 Å². The third-order valence-corrected chi connectivity index (χ3v) is 7.34. The van der Waals surface area contributed by atoms with Gasteiger partial charge in [-0.3, -0.25) is 4.40 Å². The fraction of sp³-hybridized carbons (Fsp3) is 0.0833. The van der Waals surface area contributed by atoms with E-state index in [-0.39, 0.29) is 11.5 Å². The Balaban J connectivity index is 0.000000329. The van der Waals surface area contributed by atoms with Crippen LogP contribution in [0.1, 0.15) is 16.7 Å². The average Bonchev–Trinajstić information content (AvgIpc) is 3.56.